The van der Waals surface area contributed by atoms with Gasteiger partial charge in [-0.05, 0) is 62.4 Å². The average Bonchev–Trinajstić information content (AvgIpc) is 2.80. The molecule has 1 N–H and O–H groups in total. The van der Waals surface area contributed by atoms with Crippen molar-refractivity contribution in [1.29, 1.82) is 0 Å². The van der Waals surface area contributed by atoms with Crippen molar-refractivity contribution < 1.29 is 17.9 Å². The first kappa shape index (κ1) is 25.4. The normalized spacial score (nSPS) is 15.3. The Bertz CT molecular complexity index is 1000. The third kappa shape index (κ3) is 6.90. The fraction of sp³-hybridized carbons (Fsp3) is 0.480. The van der Waals surface area contributed by atoms with Crippen molar-refractivity contribution in [3.8, 4) is 5.75 Å². The Morgan fingerprint density at radius 2 is 1.67 bits per heavy atom. The van der Waals surface area contributed by atoms with Gasteiger partial charge in [0.15, 0.2) is 0 Å². The second-order valence-electron chi connectivity index (χ2n) is 8.20. The first-order valence-corrected chi connectivity index (χ1v) is 14.3. The van der Waals surface area contributed by atoms with E-state index in [1.807, 2.05) is 13.2 Å². The molecule has 0 spiro atoms. The van der Waals surface area contributed by atoms with Crippen LogP contribution in [0.15, 0.2) is 58.3 Å². The maximum Gasteiger partial charge on any atom is 0.264 e. The number of hydrogen-bond acceptors (Lipinski definition) is 5. The van der Waals surface area contributed by atoms with Gasteiger partial charge in [0.05, 0.1) is 17.2 Å². The number of amides is 1. The van der Waals surface area contributed by atoms with Crippen LogP contribution in [0.2, 0.25) is 0 Å². The summed E-state index contributed by atoms with van der Waals surface area (Å²) in [5.74, 6) is 0.138. The molecule has 0 aromatic heterocycles. The summed E-state index contributed by atoms with van der Waals surface area (Å²) in [6.07, 6.45) is 9.59. The molecule has 1 aliphatic carbocycles. The summed E-state index contributed by atoms with van der Waals surface area (Å²) in [5, 5.41) is 3.09. The van der Waals surface area contributed by atoms with E-state index >= 15 is 0 Å². The van der Waals surface area contributed by atoms with E-state index in [1.165, 1.54) is 23.6 Å². The van der Waals surface area contributed by atoms with E-state index in [4.69, 9.17) is 4.74 Å². The molecule has 33 heavy (non-hydrogen) atoms. The summed E-state index contributed by atoms with van der Waals surface area (Å²) in [4.78, 5) is 14.2. The maximum absolute atomic E-state index is 13.7. The Hall–Kier alpha value is -2.19. The summed E-state index contributed by atoms with van der Waals surface area (Å²) >= 11 is 1.54. The Labute approximate surface area is 202 Å². The van der Waals surface area contributed by atoms with Gasteiger partial charge < -0.3 is 10.1 Å². The third-order valence-electron chi connectivity index (χ3n) is 5.84. The molecular formula is C25H34N2O4S2. The smallest absolute Gasteiger partial charge is 0.264 e. The van der Waals surface area contributed by atoms with Crippen LogP contribution in [0, 0.1) is 0 Å². The van der Waals surface area contributed by atoms with Crippen molar-refractivity contribution in [2.75, 3.05) is 23.7 Å². The number of thioether (sulfide) groups is 1. The molecule has 2 aromatic rings. The average molecular weight is 491 g/mol. The highest BCUT2D eigenvalue weighted by Crippen LogP contribution is 2.33. The van der Waals surface area contributed by atoms with E-state index in [0.717, 1.165) is 30.6 Å². The zero-order chi connectivity index (χ0) is 23.7. The van der Waals surface area contributed by atoms with Crippen molar-refractivity contribution in [1.82, 2.24) is 5.32 Å². The lowest BCUT2D eigenvalue weighted by molar-refractivity contribution is -0.120. The fourth-order valence-electron chi connectivity index (χ4n) is 4.12. The first-order chi connectivity index (χ1) is 16.0. The highest BCUT2D eigenvalue weighted by atomic mass is 32.2. The van der Waals surface area contributed by atoms with Crippen LogP contribution < -0.4 is 14.4 Å². The maximum atomic E-state index is 13.7. The molecule has 8 heteroatoms. The van der Waals surface area contributed by atoms with Crippen LogP contribution in [-0.2, 0) is 14.8 Å². The largest absolute Gasteiger partial charge is 0.492 e. The van der Waals surface area contributed by atoms with Gasteiger partial charge in [0, 0.05) is 10.9 Å². The zero-order valence-electron chi connectivity index (χ0n) is 19.5. The van der Waals surface area contributed by atoms with Gasteiger partial charge in [-0.1, -0.05) is 44.2 Å². The molecule has 1 fully saturated rings. The molecule has 0 bridgehead atoms. The van der Waals surface area contributed by atoms with E-state index in [-0.39, 0.29) is 23.4 Å². The van der Waals surface area contributed by atoms with E-state index in [9.17, 15) is 13.2 Å². The molecule has 0 radical (unpaired) electrons. The van der Waals surface area contributed by atoms with Crippen molar-refractivity contribution in [2.24, 2.45) is 0 Å². The molecule has 0 unspecified atom stereocenters. The molecule has 1 amide bonds. The number of nitrogens with one attached hydrogen (secondary N) is 1. The number of carbonyl (C=O) groups excluding carboxylic acids is 1. The van der Waals surface area contributed by atoms with Gasteiger partial charge >= 0.3 is 0 Å². The van der Waals surface area contributed by atoms with Gasteiger partial charge in [-0.3, -0.25) is 9.10 Å². The first-order valence-electron chi connectivity index (χ1n) is 11.6. The quantitative estimate of drug-likeness (QED) is 0.487. The minimum atomic E-state index is -3.99. The lowest BCUT2D eigenvalue weighted by atomic mass is 9.97. The number of anilines is 1. The van der Waals surface area contributed by atoms with Crippen LogP contribution >= 0.6 is 11.8 Å². The molecule has 1 saturated carbocycles. The predicted molar refractivity (Wildman–Crippen MR) is 135 cm³/mol. The molecule has 0 aliphatic heterocycles. The summed E-state index contributed by atoms with van der Waals surface area (Å²) in [6.45, 7) is 1.94. The highest BCUT2D eigenvalue weighted by Gasteiger charge is 2.30. The van der Waals surface area contributed by atoms with Crippen molar-refractivity contribution in [2.45, 2.75) is 67.7 Å². The Kier molecular flexibility index (Phi) is 9.50. The lowest BCUT2D eigenvalue weighted by Gasteiger charge is -2.27. The number of nitrogens with zero attached hydrogens (tertiary/aromatic N) is 1. The van der Waals surface area contributed by atoms with Crippen molar-refractivity contribution in [3.63, 3.8) is 0 Å². The minimum Gasteiger partial charge on any atom is -0.492 e. The molecule has 6 nitrogen and oxygen atoms in total. The summed E-state index contributed by atoms with van der Waals surface area (Å²) in [6, 6.07) is 13.8. The second-order valence-corrected chi connectivity index (χ2v) is 10.9. The van der Waals surface area contributed by atoms with E-state index in [1.54, 1.807) is 60.3 Å². The molecule has 0 saturated heterocycles. The minimum absolute atomic E-state index is 0.0883. The molecule has 2 aromatic carbocycles. The standard InChI is InChI=1S/C25H34N2O4S2/c1-3-31-24-14-10-9-13-23(24)27(33(29,30)22-17-15-21(32-2)16-18-22)19-25(28)26-20-11-7-5-4-6-8-12-20/h9-10,13-18,20H,3-8,11-12,19H2,1-2H3,(H,26,28). The van der Waals surface area contributed by atoms with Crippen LogP contribution in [0.5, 0.6) is 5.75 Å². The number of sulfonamides is 1. The van der Waals surface area contributed by atoms with Gasteiger partial charge in [-0.25, -0.2) is 8.42 Å². The Morgan fingerprint density at radius 3 is 2.30 bits per heavy atom. The number of rotatable bonds is 9. The molecule has 180 valence electrons. The second kappa shape index (κ2) is 12.3. The lowest BCUT2D eigenvalue weighted by Crippen LogP contribution is -2.44. The topological polar surface area (TPSA) is 75.7 Å². The summed E-state index contributed by atoms with van der Waals surface area (Å²) in [5.41, 5.74) is 0.362. The zero-order valence-corrected chi connectivity index (χ0v) is 21.1. The Morgan fingerprint density at radius 1 is 1.03 bits per heavy atom. The Balaban J connectivity index is 1.90. The van der Waals surface area contributed by atoms with Crippen LogP contribution in [0.25, 0.3) is 0 Å². The van der Waals surface area contributed by atoms with Crippen molar-refractivity contribution >= 4 is 33.4 Å². The van der Waals surface area contributed by atoms with Gasteiger partial charge in [-0.2, -0.15) is 0 Å². The van der Waals surface area contributed by atoms with Crippen LogP contribution in [-0.4, -0.2) is 39.8 Å². The number of hydrogen-bond donors (Lipinski definition) is 1. The molecular weight excluding hydrogens is 456 g/mol. The van der Waals surface area contributed by atoms with Crippen LogP contribution in [0.3, 0.4) is 0 Å². The van der Waals surface area contributed by atoms with Gasteiger partial charge in [0.1, 0.15) is 12.3 Å². The van der Waals surface area contributed by atoms with E-state index in [0.29, 0.717) is 18.0 Å². The van der Waals surface area contributed by atoms with E-state index < -0.39 is 10.0 Å². The SMILES string of the molecule is CCOc1ccccc1N(CC(=O)NC1CCCCCCC1)S(=O)(=O)c1ccc(SC)cc1. The highest BCUT2D eigenvalue weighted by molar-refractivity contribution is 7.98. The summed E-state index contributed by atoms with van der Waals surface area (Å²) in [7, 11) is -3.99. The molecule has 0 atom stereocenters. The number of ether oxygens (including phenoxy) is 1. The summed E-state index contributed by atoms with van der Waals surface area (Å²) < 4.78 is 34.3. The van der Waals surface area contributed by atoms with Gasteiger partial charge in [0.25, 0.3) is 10.0 Å². The van der Waals surface area contributed by atoms with Gasteiger partial charge in [0.2, 0.25) is 5.91 Å². The third-order valence-corrected chi connectivity index (χ3v) is 8.36. The monoisotopic (exact) mass is 490 g/mol. The fourth-order valence-corrected chi connectivity index (χ4v) is 5.96. The molecule has 0 heterocycles. The predicted octanol–water partition coefficient (Wildman–Crippen LogP) is 5.23. The van der Waals surface area contributed by atoms with Crippen LogP contribution in [0.1, 0.15) is 51.9 Å². The number of benzene rings is 2. The number of carbonyl (C=O) groups is 1. The van der Waals surface area contributed by atoms with E-state index in [2.05, 4.69) is 5.32 Å². The van der Waals surface area contributed by atoms with Crippen molar-refractivity contribution in [3.05, 3.63) is 48.5 Å². The molecule has 1 aliphatic rings. The van der Waals surface area contributed by atoms with Gasteiger partial charge in [-0.15, -0.1) is 11.8 Å². The number of para-hydroxylation sites is 2. The van der Waals surface area contributed by atoms with Crippen LogP contribution in [0.4, 0.5) is 5.69 Å². The molecule has 3 rings (SSSR count).